The Kier molecular flexibility index (Phi) is 4.79. The van der Waals surface area contributed by atoms with Crippen LogP contribution >= 0.6 is 0 Å². The van der Waals surface area contributed by atoms with E-state index in [9.17, 15) is 39.3 Å². The Bertz CT molecular complexity index is 1060. The number of carbonyl (C=O) groups excluding carboxylic acids is 5. The number of hydrogen-bond donors (Lipinski definition) is 0. The van der Waals surface area contributed by atoms with Gasteiger partial charge in [-0.1, -0.05) is 18.2 Å². The maximum Gasteiger partial charge on any atom is 0.194 e. The molecule has 28 heavy (non-hydrogen) atoms. The normalized spacial score (nSPS) is 12.3. The molecule has 0 aromatic heterocycles. The molecule has 8 nitrogen and oxygen atoms in total. The molecule has 0 aliphatic heterocycles. The predicted molar refractivity (Wildman–Crippen MR) is 85.9 cm³/mol. The largest absolute Gasteiger partial charge is 0.550 e. The van der Waals surface area contributed by atoms with E-state index in [1.165, 1.54) is 30.3 Å². The molecule has 0 spiro atoms. The SMILES string of the molecule is O=C([O-])Cc1ccc2c(c1)C(=O)c1cc(CC(=O)[O-])cc(CC(=O)[O-])c1C2=O. The fourth-order valence-corrected chi connectivity index (χ4v) is 3.31. The van der Waals surface area contributed by atoms with Crippen molar-refractivity contribution in [2.45, 2.75) is 19.3 Å². The molecule has 142 valence electrons. The zero-order chi connectivity index (χ0) is 20.6. The van der Waals surface area contributed by atoms with E-state index in [-0.39, 0.29) is 38.9 Å². The highest BCUT2D eigenvalue weighted by Gasteiger charge is 2.32. The summed E-state index contributed by atoms with van der Waals surface area (Å²) in [5.74, 6) is -5.54. The molecule has 2 aromatic rings. The minimum Gasteiger partial charge on any atom is -0.550 e. The summed E-state index contributed by atoms with van der Waals surface area (Å²) in [5, 5.41) is 32.8. The monoisotopic (exact) mass is 379 g/mol. The van der Waals surface area contributed by atoms with E-state index in [1.807, 2.05) is 0 Å². The van der Waals surface area contributed by atoms with E-state index in [4.69, 9.17) is 0 Å². The summed E-state index contributed by atoms with van der Waals surface area (Å²) in [6.45, 7) is 0. The topological polar surface area (TPSA) is 155 Å². The molecule has 0 N–H and O–H groups in total. The highest BCUT2D eigenvalue weighted by molar-refractivity contribution is 6.29. The van der Waals surface area contributed by atoms with Crippen molar-refractivity contribution >= 4 is 29.5 Å². The minimum absolute atomic E-state index is 0.00634. The number of carboxylic acids is 3. The summed E-state index contributed by atoms with van der Waals surface area (Å²) in [6, 6.07) is 6.37. The van der Waals surface area contributed by atoms with Crippen molar-refractivity contribution in [1.29, 1.82) is 0 Å². The van der Waals surface area contributed by atoms with Gasteiger partial charge in [0.15, 0.2) is 11.6 Å². The highest BCUT2D eigenvalue weighted by Crippen LogP contribution is 2.32. The standard InChI is InChI=1S/C20H14O8/c21-15(22)6-9-1-2-12-13(4-9)19(27)14-5-10(7-16(23)24)3-11(8-17(25)26)18(14)20(12)28/h1-5H,6-8H2,(H,21,22)(H,23,24)(H,25,26)/p-3. The van der Waals surface area contributed by atoms with Crippen molar-refractivity contribution in [2.75, 3.05) is 0 Å². The number of benzene rings is 2. The molecule has 0 heterocycles. The van der Waals surface area contributed by atoms with E-state index in [0.29, 0.717) is 0 Å². The summed E-state index contributed by atoms with van der Waals surface area (Å²) in [6.07, 6.45) is -1.71. The van der Waals surface area contributed by atoms with Gasteiger partial charge in [-0.3, -0.25) is 9.59 Å². The maximum absolute atomic E-state index is 12.9. The average molecular weight is 379 g/mol. The first-order valence-corrected chi connectivity index (χ1v) is 8.15. The molecule has 0 saturated carbocycles. The lowest BCUT2D eigenvalue weighted by Gasteiger charge is -2.22. The van der Waals surface area contributed by atoms with Crippen molar-refractivity contribution < 1.29 is 39.3 Å². The van der Waals surface area contributed by atoms with Gasteiger partial charge in [0.2, 0.25) is 0 Å². The molecule has 1 aliphatic carbocycles. The van der Waals surface area contributed by atoms with Crippen molar-refractivity contribution in [3.63, 3.8) is 0 Å². The van der Waals surface area contributed by atoms with Crippen LogP contribution in [-0.4, -0.2) is 29.5 Å². The fourth-order valence-electron chi connectivity index (χ4n) is 3.31. The molecule has 3 rings (SSSR count). The van der Waals surface area contributed by atoms with Crippen LogP contribution in [0.5, 0.6) is 0 Å². The van der Waals surface area contributed by atoms with Gasteiger partial charge in [-0.25, -0.2) is 0 Å². The second-order valence-electron chi connectivity index (χ2n) is 6.36. The third-order valence-corrected chi connectivity index (χ3v) is 4.36. The number of hydrogen-bond acceptors (Lipinski definition) is 8. The van der Waals surface area contributed by atoms with E-state index < -0.39 is 48.7 Å². The fraction of sp³-hybridized carbons (Fsp3) is 0.150. The second-order valence-corrected chi connectivity index (χ2v) is 6.36. The number of carbonyl (C=O) groups is 5. The Morgan fingerprint density at radius 1 is 0.643 bits per heavy atom. The molecule has 0 amide bonds. The van der Waals surface area contributed by atoms with Crippen molar-refractivity contribution in [2.24, 2.45) is 0 Å². The molecular weight excluding hydrogens is 368 g/mol. The molecule has 0 fully saturated rings. The second kappa shape index (κ2) is 7.07. The van der Waals surface area contributed by atoms with Crippen LogP contribution in [0.15, 0.2) is 30.3 Å². The summed E-state index contributed by atoms with van der Waals surface area (Å²) in [4.78, 5) is 58.6. The number of ketones is 2. The average Bonchev–Trinajstić information content (AvgIpc) is 2.57. The summed E-state index contributed by atoms with van der Waals surface area (Å²) < 4.78 is 0. The van der Waals surface area contributed by atoms with Gasteiger partial charge < -0.3 is 29.7 Å². The molecule has 0 atom stereocenters. The Morgan fingerprint density at radius 2 is 1.21 bits per heavy atom. The van der Waals surface area contributed by atoms with Gasteiger partial charge in [0, 0.05) is 59.4 Å². The van der Waals surface area contributed by atoms with Crippen LogP contribution in [0, 0.1) is 0 Å². The van der Waals surface area contributed by atoms with E-state index >= 15 is 0 Å². The zero-order valence-corrected chi connectivity index (χ0v) is 14.3. The number of aliphatic carboxylic acids is 3. The van der Waals surface area contributed by atoms with E-state index in [0.717, 1.165) is 0 Å². The van der Waals surface area contributed by atoms with Crippen LogP contribution < -0.4 is 15.3 Å². The van der Waals surface area contributed by atoms with Crippen molar-refractivity contribution in [3.05, 3.63) is 69.3 Å². The van der Waals surface area contributed by atoms with Crippen LogP contribution in [0.3, 0.4) is 0 Å². The Balaban J connectivity index is 2.19. The molecular formula is C20H11O8-3. The molecule has 2 aromatic carbocycles. The van der Waals surface area contributed by atoms with Gasteiger partial charge in [-0.2, -0.15) is 0 Å². The smallest absolute Gasteiger partial charge is 0.194 e. The van der Waals surface area contributed by atoms with Crippen LogP contribution in [0.25, 0.3) is 0 Å². The Labute approximate surface area is 158 Å². The lowest BCUT2D eigenvalue weighted by atomic mass is 9.79. The maximum atomic E-state index is 12.9. The molecule has 0 bridgehead atoms. The molecule has 0 saturated heterocycles. The number of rotatable bonds is 6. The van der Waals surface area contributed by atoms with Gasteiger partial charge in [-0.15, -0.1) is 0 Å². The Hall–Kier alpha value is -3.81. The van der Waals surface area contributed by atoms with Gasteiger partial charge in [-0.05, 0) is 28.8 Å². The Morgan fingerprint density at radius 3 is 1.82 bits per heavy atom. The van der Waals surface area contributed by atoms with Gasteiger partial charge >= 0.3 is 0 Å². The van der Waals surface area contributed by atoms with Gasteiger partial charge in [0.25, 0.3) is 0 Å². The lowest BCUT2D eigenvalue weighted by molar-refractivity contribution is -0.306. The predicted octanol–water partition coefficient (Wildman–Crippen LogP) is -2.66. The van der Waals surface area contributed by atoms with Crippen LogP contribution in [-0.2, 0) is 33.6 Å². The molecule has 0 unspecified atom stereocenters. The lowest BCUT2D eigenvalue weighted by Crippen LogP contribution is -2.29. The minimum atomic E-state index is -1.50. The molecule has 1 aliphatic rings. The van der Waals surface area contributed by atoms with Crippen molar-refractivity contribution in [3.8, 4) is 0 Å². The van der Waals surface area contributed by atoms with Crippen LogP contribution in [0.2, 0.25) is 0 Å². The molecule has 0 radical (unpaired) electrons. The number of fused-ring (bicyclic) bond motifs is 2. The van der Waals surface area contributed by atoms with Crippen LogP contribution in [0.4, 0.5) is 0 Å². The quantitative estimate of drug-likeness (QED) is 0.449. The van der Waals surface area contributed by atoms with Crippen molar-refractivity contribution in [1.82, 2.24) is 0 Å². The summed E-state index contributed by atoms with van der Waals surface area (Å²) >= 11 is 0. The van der Waals surface area contributed by atoms with Gasteiger partial charge in [0.1, 0.15) is 0 Å². The highest BCUT2D eigenvalue weighted by atomic mass is 16.4. The van der Waals surface area contributed by atoms with Gasteiger partial charge in [0.05, 0.1) is 0 Å². The molecule has 8 heteroatoms. The first-order valence-electron chi connectivity index (χ1n) is 8.15. The summed E-state index contributed by atoms with van der Waals surface area (Å²) in [5.41, 5.74) is 0.0221. The van der Waals surface area contributed by atoms with Crippen LogP contribution in [0.1, 0.15) is 48.5 Å². The zero-order valence-electron chi connectivity index (χ0n) is 14.3. The summed E-state index contributed by atoms with van der Waals surface area (Å²) in [7, 11) is 0. The number of carboxylic acid groups (broad SMARTS) is 3. The third kappa shape index (κ3) is 3.52. The third-order valence-electron chi connectivity index (χ3n) is 4.36. The van der Waals surface area contributed by atoms with E-state index in [1.54, 1.807) is 0 Å². The first kappa shape index (κ1) is 19.0. The first-order chi connectivity index (χ1) is 13.2. The van der Waals surface area contributed by atoms with E-state index in [2.05, 4.69) is 0 Å².